The molecule has 2 unspecified atom stereocenters. The van der Waals surface area contributed by atoms with Gasteiger partial charge >= 0.3 is 0 Å². The van der Waals surface area contributed by atoms with Crippen molar-refractivity contribution < 1.29 is 4.79 Å². The van der Waals surface area contributed by atoms with E-state index in [9.17, 15) is 4.79 Å². The quantitative estimate of drug-likeness (QED) is 0.851. The molecular formula is C16H24N2O. The van der Waals surface area contributed by atoms with E-state index in [0.29, 0.717) is 18.3 Å². The predicted molar refractivity (Wildman–Crippen MR) is 77.8 cm³/mol. The van der Waals surface area contributed by atoms with Gasteiger partial charge in [0.05, 0.1) is 6.42 Å². The molecule has 19 heavy (non-hydrogen) atoms. The zero-order valence-electron chi connectivity index (χ0n) is 11.7. The van der Waals surface area contributed by atoms with Crippen molar-refractivity contribution >= 4 is 5.91 Å². The van der Waals surface area contributed by atoms with Crippen molar-refractivity contribution in [3.8, 4) is 0 Å². The molecule has 1 amide bonds. The van der Waals surface area contributed by atoms with Gasteiger partial charge in [-0.3, -0.25) is 4.79 Å². The third-order valence-electron chi connectivity index (χ3n) is 4.17. The standard InChI is InChI=1S/C16H24N2O/c1-12-5-7-13(8-6-12)9-16(19)18-11-15-4-2-3-14(15)10-17/h5-8,14-15H,2-4,9-11,17H2,1H3,(H,18,19). The lowest BCUT2D eigenvalue weighted by atomic mass is 9.96. The highest BCUT2D eigenvalue weighted by Crippen LogP contribution is 2.30. The number of carbonyl (C=O) groups is 1. The van der Waals surface area contributed by atoms with E-state index in [2.05, 4.69) is 12.2 Å². The van der Waals surface area contributed by atoms with E-state index in [4.69, 9.17) is 5.73 Å². The van der Waals surface area contributed by atoms with Crippen LogP contribution in [0.1, 0.15) is 30.4 Å². The Labute approximate surface area is 115 Å². The molecule has 0 aliphatic heterocycles. The van der Waals surface area contributed by atoms with E-state index >= 15 is 0 Å². The van der Waals surface area contributed by atoms with Crippen LogP contribution in [0.3, 0.4) is 0 Å². The van der Waals surface area contributed by atoms with Crippen LogP contribution in [0, 0.1) is 18.8 Å². The molecular weight excluding hydrogens is 236 g/mol. The maximum Gasteiger partial charge on any atom is 0.224 e. The number of carbonyl (C=O) groups excluding carboxylic acids is 1. The average molecular weight is 260 g/mol. The molecule has 2 rings (SSSR count). The van der Waals surface area contributed by atoms with Crippen molar-refractivity contribution in [2.24, 2.45) is 17.6 Å². The van der Waals surface area contributed by atoms with Gasteiger partial charge in [0.2, 0.25) is 5.91 Å². The van der Waals surface area contributed by atoms with Crippen molar-refractivity contribution in [3.05, 3.63) is 35.4 Å². The van der Waals surface area contributed by atoms with Gasteiger partial charge in [-0.05, 0) is 43.7 Å². The molecule has 2 atom stereocenters. The van der Waals surface area contributed by atoms with Gasteiger partial charge in [-0.2, -0.15) is 0 Å². The fourth-order valence-electron chi connectivity index (χ4n) is 2.89. The van der Waals surface area contributed by atoms with Gasteiger partial charge < -0.3 is 11.1 Å². The Morgan fingerprint density at radius 2 is 1.95 bits per heavy atom. The monoisotopic (exact) mass is 260 g/mol. The van der Waals surface area contributed by atoms with Crippen LogP contribution >= 0.6 is 0 Å². The van der Waals surface area contributed by atoms with E-state index in [-0.39, 0.29) is 5.91 Å². The highest BCUT2D eigenvalue weighted by atomic mass is 16.1. The van der Waals surface area contributed by atoms with Crippen LogP contribution in [-0.2, 0) is 11.2 Å². The second kappa shape index (κ2) is 6.71. The summed E-state index contributed by atoms with van der Waals surface area (Å²) in [7, 11) is 0. The van der Waals surface area contributed by atoms with E-state index in [0.717, 1.165) is 18.7 Å². The topological polar surface area (TPSA) is 55.1 Å². The molecule has 3 heteroatoms. The summed E-state index contributed by atoms with van der Waals surface area (Å²) in [6.07, 6.45) is 4.14. The highest BCUT2D eigenvalue weighted by molar-refractivity contribution is 5.78. The Morgan fingerprint density at radius 3 is 2.63 bits per heavy atom. The summed E-state index contributed by atoms with van der Waals surface area (Å²) in [6.45, 7) is 3.59. The molecule has 0 saturated heterocycles. The molecule has 1 aromatic rings. The van der Waals surface area contributed by atoms with Crippen LogP contribution < -0.4 is 11.1 Å². The van der Waals surface area contributed by atoms with Gasteiger partial charge in [0.15, 0.2) is 0 Å². The first-order valence-electron chi connectivity index (χ1n) is 7.21. The summed E-state index contributed by atoms with van der Waals surface area (Å²) in [5, 5.41) is 3.06. The number of aryl methyl sites for hydroxylation is 1. The van der Waals surface area contributed by atoms with Crippen LogP contribution in [0.25, 0.3) is 0 Å². The van der Waals surface area contributed by atoms with Crippen molar-refractivity contribution in [3.63, 3.8) is 0 Å². The first-order valence-corrected chi connectivity index (χ1v) is 7.21. The number of hydrogen-bond acceptors (Lipinski definition) is 2. The molecule has 3 N–H and O–H groups in total. The van der Waals surface area contributed by atoms with Gasteiger partial charge in [-0.25, -0.2) is 0 Å². The van der Waals surface area contributed by atoms with Gasteiger partial charge in [0, 0.05) is 6.54 Å². The first kappa shape index (κ1) is 14.1. The molecule has 1 fully saturated rings. The minimum absolute atomic E-state index is 0.117. The van der Waals surface area contributed by atoms with Crippen LogP contribution in [-0.4, -0.2) is 19.0 Å². The van der Waals surface area contributed by atoms with Gasteiger partial charge in [-0.1, -0.05) is 36.2 Å². The van der Waals surface area contributed by atoms with Gasteiger partial charge in [0.1, 0.15) is 0 Å². The molecule has 1 aromatic carbocycles. The summed E-state index contributed by atoms with van der Waals surface area (Å²) in [6, 6.07) is 8.13. The smallest absolute Gasteiger partial charge is 0.224 e. The Hall–Kier alpha value is -1.35. The Bertz CT molecular complexity index is 413. The SMILES string of the molecule is Cc1ccc(CC(=O)NCC2CCCC2CN)cc1. The third-order valence-corrected chi connectivity index (χ3v) is 4.17. The Morgan fingerprint density at radius 1 is 1.26 bits per heavy atom. The van der Waals surface area contributed by atoms with Crippen molar-refractivity contribution in [1.82, 2.24) is 5.32 Å². The van der Waals surface area contributed by atoms with Gasteiger partial charge in [-0.15, -0.1) is 0 Å². The molecule has 3 nitrogen and oxygen atoms in total. The Kier molecular flexibility index (Phi) is 4.97. The fourth-order valence-corrected chi connectivity index (χ4v) is 2.89. The minimum Gasteiger partial charge on any atom is -0.356 e. The summed E-state index contributed by atoms with van der Waals surface area (Å²) in [5.74, 6) is 1.29. The molecule has 0 radical (unpaired) electrons. The molecule has 1 aliphatic rings. The largest absolute Gasteiger partial charge is 0.356 e. The van der Waals surface area contributed by atoms with Crippen LogP contribution in [0.2, 0.25) is 0 Å². The number of hydrogen-bond donors (Lipinski definition) is 2. The summed E-state index contributed by atoms with van der Waals surface area (Å²) >= 11 is 0. The molecule has 0 heterocycles. The summed E-state index contributed by atoms with van der Waals surface area (Å²) in [4.78, 5) is 11.9. The van der Waals surface area contributed by atoms with Crippen molar-refractivity contribution in [1.29, 1.82) is 0 Å². The minimum atomic E-state index is 0.117. The van der Waals surface area contributed by atoms with Crippen LogP contribution in [0.5, 0.6) is 0 Å². The second-order valence-electron chi connectivity index (χ2n) is 5.65. The van der Waals surface area contributed by atoms with Crippen molar-refractivity contribution in [2.75, 3.05) is 13.1 Å². The molecule has 0 bridgehead atoms. The number of rotatable bonds is 5. The molecule has 1 aliphatic carbocycles. The van der Waals surface area contributed by atoms with Crippen LogP contribution in [0.15, 0.2) is 24.3 Å². The summed E-state index contributed by atoms with van der Waals surface area (Å²) < 4.78 is 0. The maximum atomic E-state index is 11.9. The number of amides is 1. The lowest BCUT2D eigenvalue weighted by molar-refractivity contribution is -0.120. The molecule has 104 valence electrons. The van der Waals surface area contributed by atoms with E-state index in [1.807, 2.05) is 24.3 Å². The second-order valence-corrected chi connectivity index (χ2v) is 5.65. The number of nitrogens with one attached hydrogen (secondary N) is 1. The van der Waals surface area contributed by atoms with E-state index < -0.39 is 0 Å². The lowest BCUT2D eigenvalue weighted by Gasteiger charge is -2.18. The number of benzene rings is 1. The third kappa shape index (κ3) is 4.06. The zero-order chi connectivity index (χ0) is 13.7. The zero-order valence-corrected chi connectivity index (χ0v) is 11.7. The molecule has 1 saturated carbocycles. The number of nitrogens with two attached hydrogens (primary N) is 1. The molecule has 0 aromatic heterocycles. The van der Waals surface area contributed by atoms with Crippen LogP contribution in [0.4, 0.5) is 0 Å². The normalized spacial score (nSPS) is 22.4. The lowest BCUT2D eigenvalue weighted by Crippen LogP contribution is -2.33. The fraction of sp³-hybridized carbons (Fsp3) is 0.562. The molecule has 0 spiro atoms. The summed E-state index contributed by atoms with van der Waals surface area (Å²) in [5.41, 5.74) is 8.05. The average Bonchev–Trinajstić information content (AvgIpc) is 2.86. The van der Waals surface area contributed by atoms with E-state index in [1.54, 1.807) is 0 Å². The Balaban J connectivity index is 1.77. The van der Waals surface area contributed by atoms with Crippen molar-refractivity contribution in [2.45, 2.75) is 32.6 Å². The maximum absolute atomic E-state index is 11.9. The first-order chi connectivity index (χ1) is 9.19. The predicted octanol–water partition coefficient (Wildman–Crippen LogP) is 2.03. The van der Waals surface area contributed by atoms with Gasteiger partial charge in [0.25, 0.3) is 0 Å². The van der Waals surface area contributed by atoms with E-state index in [1.165, 1.54) is 24.8 Å². The highest BCUT2D eigenvalue weighted by Gasteiger charge is 2.26.